The van der Waals surface area contributed by atoms with Gasteiger partial charge in [0, 0.05) is 28.2 Å². The molecule has 3 rings (SSSR count). The third kappa shape index (κ3) is 2.77. The minimum atomic E-state index is -0.560. The van der Waals surface area contributed by atoms with Crippen LogP contribution in [0.5, 0.6) is 0 Å². The minimum absolute atomic E-state index is 0.215. The van der Waals surface area contributed by atoms with Crippen LogP contribution < -0.4 is 5.73 Å². The van der Waals surface area contributed by atoms with Crippen molar-refractivity contribution in [3.8, 4) is 5.82 Å². The Hall–Kier alpha value is -1.92. The van der Waals surface area contributed by atoms with E-state index in [1.54, 1.807) is 25.6 Å². The standard InChI is InChI=1S/C15H14BrN4O/c1-9(21)6-12-7-10-2-3-11(16)8-13(10)20(12)14-4-5-18-15(17)19-14/h2-9,21H,1H3,(H2,17,18,19). The third-order valence-electron chi connectivity index (χ3n) is 3.10. The first kappa shape index (κ1) is 14.0. The maximum atomic E-state index is 9.68. The molecule has 0 spiro atoms. The number of benzene rings is 1. The van der Waals surface area contributed by atoms with Crippen LogP contribution in [0.15, 0.2) is 41.0 Å². The molecular weight excluding hydrogens is 332 g/mol. The highest BCUT2D eigenvalue weighted by atomic mass is 79.9. The lowest BCUT2D eigenvalue weighted by Gasteiger charge is -2.11. The van der Waals surface area contributed by atoms with Crippen LogP contribution in [0.3, 0.4) is 0 Å². The molecule has 2 aromatic heterocycles. The van der Waals surface area contributed by atoms with Crippen LogP contribution >= 0.6 is 15.9 Å². The highest BCUT2D eigenvalue weighted by molar-refractivity contribution is 9.10. The number of rotatable bonds is 3. The molecule has 1 aromatic carbocycles. The van der Waals surface area contributed by atoms with Gasteiger partial charge in [0.15, 0.2) is 0 Å². The van der Waals surface area contributed by atoms with E-state index in [1.165, 1.54) is 0 Å². The number of nitrogens with two attached hydrogens (primary N) is 1. The predicted octanol–water partition coefficient (Wildman–Crippen LogP) is 2.70. The van der Waals surface area contributed by atoms with Crippen LogP contribution in [-0.2, 0) is 0 Å². The zero-order valence-corrected chi connectivity index (χ0v) is 12.9. The lowest BCUT2D eigenvalue weighted by atomic mass is 10.2. The fourth-order valence-corrected chi connectivity index (χ4v) is 2.66. The third-order valence-corrected chi connectivity index (χ3v) is 3.59. The van der Waals surface area contributed by atoms with Gasteiger partial charge in [0.2, 0.25) is 5.95 Å². The average Bonchev–Trinajstić information content (AvgIpc) is 2.75. The first-order chi connectivity index (χ1) is 10.0. The van der Waals surface area contributed by atoms with Gasteiger partial charge >= 0.3 is 0 Å². The summed E-state index contributed by atoms with van der Waals surface area (Å²) in [6, 6.07) is 9.79. The zero-order valence-electron chi connectivity index (χ0n) is 11.4. The molecule has 0 saturated heterocycles. The Morgan fingerprint density at radius 2 is 2.14 bits per heavy atom. The molecule has 0 aliphatic heterocycles. The van der Waals surface area contributed by atoms with E-state index in [2.05, 4.69) is 25.9 Å². The lowest BCUT2D eigenvalue weighted by Crippen LogP contribution is -2.09. The first-order valence-electron chi connectivity index (χ1n) is 6.47. The smallest absolute Gasteiger partial charge is 0.221 e. The Morgan fingerprint density at radius 3 is 2.86 bits per heavy atom. The predicted molar refractivity (Wildman–Crippen MR) is 86.1 cm³/mol. The second kappa shape index (κ2) is 5.46. The van der Waals surface area contributed by atoms with Crippen LogP contribution in [-0.4, -0.2) is 25.7 Å². The van der Waals surface area contributed by atoms with Crippen molar-refractivity contribution in [2.75, 3.05) is 5.73 Å². The molecule has 6 heteroatoms. The molecule has 21 heavy (non-hydrogen) atoms. The Labute approximate surface area is 130 Å². The second-order valence-electron chi connectivity index (χ2n) is 4.79. The summed E-state index contributed by atoms with van der Waals surface area (Å²) in [5.74, 6) is 0.884. The van der Waals surface area contributed by atoms with Gasteiger partial charge in [0.25, 0.3) is 0 Å². The van der Waals surface area contributed by atoms with Crippen LogP contribution in [0.4, 0.5) is 5.95 Å². The summed E-state index contributed by atoms with van der Waals surface area (Å²) in [6.45, 7) is 1.71. The number of nitrogens with zero attached hydrogens (tertiary/aromatic N) is 3. The summed E-state index contributed by atoms with van der Waals surface area (Å²) in [4.78, 5) is 8.20. The van der Waals surface area contributed by atoms with E-state index in [0.717, 1.165) is 21.1 Å². The Kier molecular flexibility index (Phi) is 3.65. The molecule has 1 radical (unpaired) electrons. The number of hydrogen-bond acceptors (Lipinski definition) is 4. The lowest BCUT2D eigenvalue weighted by molar-refractivity contribution is 0.230. The van der Waals surface area contributed by atoms with Gasteiger partial charge in [-0.2, -0.15) is 4.98 Å². The summed E-state index contributed by atoms with van der Waals surface area (Å²) in [6.07, 6.45) is 2.83. The molecule has 0 aliphatic carbocycles. The molecule has 0 bridgehead atoms. The number of aromatic nitrogens is 3. The molecule has 3 N–H and O–H groups in total. The summed E-state index contributed by atoms with van der Waals surface area (Å²) >= 11 is 3.48. The second-order valence-corrected chi connectivity index (χ2v) is 5.70. The average molecular weight is 346 g/mol. The van der Waals surface area contributed by atoms with Gasteiger partial charge in [-0.1, -0.05) is 22.0 Å². The highest BCUT2D eigenvalue weighted by Crippen LogP contribution is 2.28. The van der Waals surface area contributed by atoms with E-state index >= 15 is 0 Å². The molecule has 1 atom stereocenters. The number of aliphatic hydroxyl groups is 1. The molecule has 107 valence electrons. The number of aliphatic hydroxyl groups excluding tert-OH is 1. The molecule has 0 fully saturated rings. The van der Waals surface area contributed by atoms with Gasteiger partial charge in [0.1, 0.15) is 5.82 Å². The summed E-state index contributed by atoms with van der Waals surface area (Å²) in [5, 5.41) is 10.7. The van der Waals surface area contributed by atoms with Gasteiger partial charge in [-0.15, -0.1) is 0 Å². The maximum absolute atomic E-state index is 9.68. The van der Waals surface area contributed by atoms with Gasteiger partial charge in [-0.25, -0.2) is 4.98 Å². The number of anilines is 1. The SMILES string of the molecule is CC(O)[CH]c1cc2ccc(Br)cc2n1-c1ccnc(N)n1. The van der Waals surface area contributed by atoms with Crippen molar-refractivity contribution in [3.05, 3.63) is 53.1 Å². The van der Waals surface area contributed by atoms with E-state index < -0.39 is 6.10 Å². The number of hydrogen-bond donors (Lipinski definition) is 2. The fourth-order valence-electron chi connectivity index (χ4n) is 2.31. The highest BCUT2D eigenvalue weighted by Gasteiger charge is 2.14. The molecule has 5 nitrogen and oxygen atoms in total. The maximum Gasteiger partial charge on any atom is 0.221 e. The first-order valence-corrected chi connectivity index (χ1v) is 7.27. The van der Waals surface area contributed by atoms with Crippen molar-refractivity contribution < 1.29 is 5.11 Å². The molecule has 2 heterocycles. The quantitative estimate of drug-likeness (QED) is 0.765. The van der Waals surface area contributed by atoms with E-state index in [0.29, 0.717) is 5.82 Å². The molecule has 0 saturated carbocycles. The monoisotopic (exact) mass is 345 g/mol. The summed E-state index contributed by atoms with van der Waals surface area (Å²) in [5.41, 5.74) is 7.52. The van der Waals surface area contributed by atoms with Crippen molar-refractivity contribution in [2.45, 2.75) is 13.0 Å². The van der Waals surface area contributed by atoms with Crippen molar-refractivity contribution in [2.24, 2.45) is 0 Å². The van der Waals surface area contributed by atoms with Crippen molar-refractivity contribution in [1.82, 2.24) is 14.5 Å². The Morgan fingerprint density at radius 1 is 1.33 bits per heavy atom. The number of nitrogen functional groups attached to an aromatic ring is 1. The van der Waals surface area contributed by atoms with Crippen molar-refractivity contribution in [1.29, 1.82) is 0 Å². The molecule has 0 amide bonds. The van der Waals surface area contributed by atoms with Crippen molar-refractivity contribution >= 4 is 32.8 Å². The summed E-state index contributed by atoms with van der Waals surface area (Å²) < 4.78 is 2.92. The Balaban J connectivity index is 2.28. The zero-order chi connectivity index (χ0) is 15.0. The van der Waals surface area contributed by atoms with Gasteiger partial charge in [-0.3, -0.25) is 4.57 Å². The van der Waals surface area contributed by atoms with E-state index in [1.807, 2.05) is 28.8 Å². The topological polar surface area (TPSA) is 77.0 Å². The number of fused-ring (bicyclic) bond motifs is 1. The van der Waals surface area contributed by atoms with Gasteiger partial charge < -0.3 is 10.8 Å². The van der Waals surface area contributed by atoms with E-state index in [9.17, 15) is 5.11 Å². The van der Waals surface area contributed by atoms with Crippen LogP contribution in [0, 0.1) is 6.42 Å². The summed E-state index contributed by atoms with van der Waals surface area (Å²) in [7, 11) is 0. The van der Waals surface area contributed by atoms with Gasteiger partial charge in [-0.05, 0) is 31.2 Å². The Bertz CT molecular complexity index is 797. The van der Waals surface area contributed by atoms with Crippen molar-refractivity contribution in [3.63, 3.8) is 0 Å². The molecule has 1 unspecified atom stereocenters. The molecular formula is C15H14BrN4O. The largest absolute Gasteiger partial charge is 0.393 e. The normalized spacial score (nSPS) is 12.7. The minimum Gasteiger partial charge on any atom is -0.393 e. The number of halogens is 1. The van der Waals surface area contributed by atoms with Crippen LogP contribution in [0.25, 0.3) is 16.7 Å². The molecule has 0 aliphatic rings. The van der Waals surface area contributed by atoms with Crippen LogP contribution in [0.1, 0.15) is 12.6 Å². The fraction of sp³-hybridized carbons (Fsp3) is 0.133. The van der Waals surface area contributed by atoms with E-state index in [-0.39, 0.29) is 5.95 Å². The molecule has 3 aromatic rings. The van der Waals surface area contributed by atoms with Crippen LogP contribution in [0.2, 0.25) is 0 Å². The van der Waals surface area contributed by atoms with E-state index in [4.69, 9.17) is 5.73 Å². The van der Waals surface area contributed by atoms with Gasteiger partial charge in [0.05, 0.1) is 11.6 Å².